The van der Waals surface area contributed by atoms with E-state index < -0.39 is 6.09 Å². The van der Waals surface area contributed by atoms with Crippen LogP contribution in [0.2, 0.25) is 0 Å². The van der Waals surface area contributed by atoms with E-state index in [2.05, 4.69) is 15.0 Å². The van der Waals surface area contributed by atoms with Crippen molar-refractivity contribution in [1.82, 2.24) is 4.98 Å². The largest absolute Gasteiger partial charge is 0.443 e. The molecule has 1 heterocycles. The SMILES string of the molecule is CNc1nc(COC(N)=O)cs1. The van der Waals surface area contributed by atoms with Gasteiger partial charge in [0, 0.05) is 12.4 Å². The quantitative estimate of drug-likeness (QED) is 0.733. The number of rotatable bonds is 3. The Kier molecular flexibility index (Phi) is 2.87. The van der Waals surface area contributed by atoms with Crippen LogP contribution in [0.1, 0.15) is 5.69 Å². The summed E-state index contributed by atoms with van der Waals surface area (Å²) in [5.41, 5.74) is 5.48. The Morgan fingerprint density at radius 2 is 2.67 bits per heavy atom. The van der Waals surface area contributed by atoms with Crippen molar-refractivity contribution < 1.29 is 9.53 Å². The molecule has 1 aromatic rings. The van der Waals surface area contributed by atoms with Gasteiger partial charge in [-0.15, -0.1) is 11.3 Å². The number of hydrogen-bond acceptors (Lipinski definition) is 5. The van der Waals surface area contributed by atoms with Crippen molar-refractivity contribution in [3.63, 3.8) is 0 Å². The maximum atomic E-state index is 10.2. The van der Waals surface area contributed by atoms with Gasteiger partial charge in [0.15, 0.2) is 5.13 Å². The number of nitrogens with two attached hydrogens (primary N) is 1. The Labute approximate surface area is 73.6 Å². The summed E-state index contributed by atoms with van der Waals surface area (Å²) < 4.78 is 4.54. The van der Waals surface area contributed by atoms with Gasteiger partial charge in [-0.1, -0.05) is 0 Å². The second kappa shape index (κ2) is 3.91. The summed E-state index contributed by atoms with van der Waals surface area (Å²) in [6.07, 6.45) is -0.783. The molecule has 5 nitrogen and oxygen atoms in total. The van der Waals surface area contributed by atoms with Crippen molar-refractivity contribution in [3.05, 3.63) is 11.1 Å². The Balaban J connectivity index is 2.47. The van der Waals surface area contributed by atoms with Gasteiger partial charge in [-0.3, -0.25) is 0 Å². The molecule has 3 N–H and O–H groups in total. The van der Waals surface area contributed by atoms with Crippen LogP contribution in [0.15, 0.2) is 5.38 Å². The zero-order valence-electron chi connectivity index (χ0n) is 6.53. The predicted molar refractivity (Wildman–Crippen MR) is 46.0 cm³/mol. The molecule has 0 saturated heterocycles. The summed E-state index contributed by atoms with van der Waals surface area (Å²) >= 11 is 1.45. The van der Waals surface area contributed by atoms with Crippen LogP contribution in [-0.4, -0.2) is 18.1 Å². The second-order valence-corrected chi connectivity index (χ2v) is 2.86. The monoisotopic (exact) mass is 187 g/mol. The summed E-state index contributed by atoms with van der Waals surface area (Å²) in [6, 6.07) is 0. The lowest BCUT2D eigenvalue weighted by atomic mass is 10.5. The van der Waals surface area contributed by atoms with E-state index in [4.69, 9.17) is 5.73 Å². The first-order valence-corrected chi connectivity index (χ1v) is 4.14. The third-order valence-corrected chi connectivity index (χ3v) is 2.04. The van der Waals surface area contributed by atoms with E-state index >= 15 is 0 Å². The van der Waals surface area contributed by atoms with Gasteiger partial charge >= 0.3 is 6.09 Å². The van der Waals surface area contributed by atoms with Crippen LogP contribution < -0.4 is 11.1 Å². The van der Waals surface area contributed by atoms with Crippen molar-refractivity contribution in [1.29, 1.82) is 0 Å². The fraction of sp³-hybridized carbons (Fsp3) is 0.333. The Morgan fingerprint density at radius 1 is 1.92 bits per heavy atom. The molecule has 0 fully saturated rings. The summed E-state index contributed by atoms with van der Waals surface area (Å²) in [7, 11) is 1.78. The molecular weight excluding hydrogens is 178 g/mol. The Morgan fingerprint density at radius 3 is 3.17 bits per heavy atom. The number of thiazole rings is 1. The summed E-state index contributed by atoms with van der Waals surface area (Å²) in [6.45, 7) is 0.132. The van der Waals surface area contributed by atoms with Gasteiger partial charge in [0.25, 0.3) is 0 Å². The molecule has 0 spiro atoms. The number of anilines is 1. The lowest BCUT2D eigenvalue weighted by Crippen LogP contribution is -2.12. The highest BCUT2D eigenvalue weighted by molar-refractivity contribution is 7.13. The molecule has 1 amide bonds. The van der Waals surface area contributed by atoms with Crippen molar-refractivity contribution >= 4 is 22.6 Å². The van der Waals surface area contributed by atoms with E-state index in [0.29, 0.717) is 5.69 Å². The number of amides is 1. The summed E-state index contributed by atoms with van der Waals surface area (Å²) in [4.78, 5) is 14.3. The zero-order chi connectivity index (χ0) is 8.97. The molecule has 66 valence electrons. The number of hydrogen-bond donors (Lipinski definition) is 2. The van der Waals surface area contributed by atoms with Gasteiger partial charge in [0.05, 0.1) is 5.69 Å². The highest BCUT2D eigenvalue weighted by Crippen LogP contribution is 2.14. The van der Waals surface area contributed by atoms with Gasteiger partial charge in [0.2, 0.25) is 0 Å². The van der Waals surface area contributed by atoms with E-state index in [0.717, 1.165) is 5.13 Å². The molecule has 0 bridgehead atoms. The second-order valence-electron chi connectivity index (χ2n) is 2.00. The molecule has 0 unspecified atom stereocenters. The Hall–Kier alpha value is -1.30. The minimum atomic E-state index is -0.783. The van der Waals surface area contributed by atoms with Crippen LogP contribution in [-0.2, 0) is 11.3 Å². The average Bonchev–Trinajstić information content (AvgIpc) is 2.48. The molecule has 6 heteroatoms. The Bertz CT molecular complexity index is 274. The topological polar surface area (TPSA) is 77.2 Å². The number of carbonyl (C=O) groups is 1. The standard InChI is InChI=1S/C6H9N3O2S/c1-8-6-9-4(3-12-6)2-11-5(7)10/h3H,2H2,1H3,(H2,7,10)(H,8,9). The van der Waals surface area contributed by atoms with E-state index in [9.17, 15) is 4.79 Å². The number of nitrogens with one attached hydrogen (secondary N) is 1. The number of aromatic nitrogens is 1. The van der Waals surface area contributed by atoms with Crippen LogP contribution in [0.4, 0.5) is 9.93 Å². The predicted octanol–water partition coefficient (Wildman–Crippen LogP) is 0.780. The lowest BCUT2D eigenvalue weighted by molar-refractivity contribution is 0.149. The molecule has 0 aliphatic rings. The fourth-order valence-electron chi connectivity index (χ4n) is 0.633. The van der Waals surface area contributed by atoms with E-state index in [1.54, 1.807) is 12.4 Å². The zero-order valence-corrected chi connectivity index (χ0v) is 7.35. The third-order valence-electron chi connectivity index (χ3n) is 1.13. The highest BCUT2D eigenvalue weighted by Gasteiger charge is 2.01. The highest BCUT2D eigenvalue weighted by atomic mass is 32.1. The van der Waals surface area contributed by atoms with E-state index in [1.165, 1.54) is 11.3 Å². The number of carbonyl (C=O) groups excluding carboxylic acids is 1. The van der Waals surface area contributed by atoms with Crippen molar-refractivity contribution in [2.75, 3.05) is 12.4 Å². The molecule has 0 aromatic carbocycles. The summed E-state index contributed by atoms with van der Waals surface area (Å²) in [5.74, 6) is 0. The van der Waals surface area contributed by atoms with Gasteiger partial charge in [-0.2, -0.15) is 0 Å². The number of nitrogens with zero attached hydrogens (tertiary/aromatic N) is 1. The molecule has 0 saturated carbocycles. The molecule has 12 heavy (non-hydrogen) atoms. The lowest BCUT2D eigenvalue weighted by Gasteiger charge is -1.95. The molecule has 1 aromatic heterocycles. The molecule has 0 aliphatic carbocycles. The third kappa shape index (κ3) is 2.39. The van der Waals surface area contributed by atoms with Crippen LogP contribution in [0, 0.1) is 0 Å². The van der Waals surface area contributed by atoms with Crippen molar-refractivity contribution in [2.45, 2.75) is 6.61 Å². The molecule has 0 radical (unpaired) electrons. The fourth-order valence-corrected chi connectivity index (χ4v) is 1.29. The molecule has 0 aliphatic heterocycles. The maximum absolute atomic E-state index is 10.2. The van der Waals surface area contributed by atoms with Crippen LogP contribution >= 0.6 is 11.3 Å². The summed E-state index contributed by atoms with van der Waals surface area (Å²) in [5, 5.41) is 5.46. The minimum Gasteiger partial charge on any atom is -0.443 e. The average molecular weight is 187 g/mol. The van der Waals surface area contributed by atoms with Gasteiger partial charge in [-0.25, -0.2) is 9.78 Å². The van der Waals surface area contributed by atoms with Gasteiger partial charge in [-0.05, 0) is 0 Å². The van der Waals surface area contributed by atoms with Crippen molar-refractivity contribution in [3.8, 4) is 0 Å². The van der Waals surface area contributed by atoms with Crippen molar-refractivity contribution in [2.24, 2.45) is 5.73 Å². The van der Waals surface area contributed by atoms with E-state index in [1.807, 2.05) is 0 Å². The first-order chi connectivity index (χ1) is 5.72. The van der Waals surface area contributed by atoms with Crippen LogP contribution in [0.3, 0.4) is 0 Å². The molecular formula is C6H9N3O2S. The van der Waals surface area contributed by atoms with Gasteiger partial charge < -0.3 is 15.8 Å². The van der Waals surface area contributed by atoms with Crippen LogP contribution in [0.5, 0.6) is 0 Å². The smallest absolute Gasteiger partial charge is 0.404 e. The van der Waals surface area contributed by atoms with Crippen LogP contribution in [0.25, 0.3) is 0 Å². The first kappa shape index (κ1) is 8.79. The minimum absolute atomic E-state index is 0.132. The van der Waals surface area contributed by atoms with Gasteiger partial charge in [0.1, 0.15) is 6.61 Å². The first-order valence-electron chi connectivity index (χ1n) is 3.26. The maximum Gasteiger partial charge on any atom is 0.404 e. The normalized spacial score (nSPS) is 9.42. The molecule has 0 atom stereocenters. The molecule has 1 rings (SSSR count). The number of ether oxygens (including phenoxy) is 1. The number of primary amides is 1. The van der Waals surface area contributed by atoms with E-state index in [-0.39, 0.29) is 6.61 Å².